The van der Waals surface area contributed by atoms with Gasteiger partial charge in [-0.05, 0) is 52.3 Å². The second-order valence-corrected chi connectivity index (χ2v) is 8.55. The van der Waals surface area contributed by atoms with Crippen LogP contribution in [0, 0.1) is 5.92 Å². The molecule has 2 heterocycles. The van der Waals surface area contributed by atoms with E-state index in [4.69, 9.17) is 9.47 Å². The molecule has 1 saturated heterocycles. The van der Waals surface area contributed by atoms with Gasteiger partial charge in [-0.2, -0.15) is 0 Å². The van der Waals surface area contributed by atoms with Crippen molar-refractivity contribution in [2.45, 2.75) is 39.7 Å². The van der Waals surface area contributed by atoms with E-state index in [1.165, 1.54) is 11.3 Å². The Bertz CT molecular complexity index is 935. The van der Waals surface area contributed by atoms with E-state index in [1.54, 1.807) is 13.8 Å². The fourth-order valence-electron chi connectivity index (χ4n) is 3.85. The number of carbonyl (C=O) groups excluding carboxylic acids is 3. The van der Waals surface area contributed by atoms with Crippen LogP contribution in [-0.4, -0.2) is 55.1 Å². The lowest BCUT2D eigenvalue weighted by molar-refractivity contribution is -0.149. The Labute approximate surface area is 192 Å². The summed E-state index contributed by atoms with van der Waals surface area (Å²) in [6.45, 7) is 7.32. The van der Waals surface area contributed by atoms with Crippen molar-refractivity contribution < 1.29 is 23.9 Å². The molecule has 1 amide bonds. The maximum Gasteiger partial charge on any atom is 0.341 e. The molecule has 1 aromatic carbocycles. The third kappa shape index (κ3) is 5.55. The molecule has 0 radical (unpaired) electrons. The molecule has 1 aromatic heterocycles. The van der Waals surface area contributed by atoms with Gasteiger partial charge < -0.3 is 14.8 Å². The van der Waals surface area contributed by atoms with Gasteiger partial charge >= 0.3 is 11.9 Å². The number of benzene rings is 1. The number of ether oxygens (including phenoxy) is 2. The number of likely N-dealkylation sites (tertiary alicyclic amines) is 1. The summed E-state index contributed by atoms with van der Waals surface area (Å²) in [4.78, 5) is 39.7. The average Bonchev–Trinajstić information content (AvgIpc) is 3.23. The summed E-state index contributed by atoms with van der Waals surface area (Å²) in [6.07, 6.45) is 1.34. The molecule has 32 heavy (non-hydrogen) atoms. The molecule has 1 atom stereocenters. The maximum atomic E-state index is 13.0. The van der Waals surface area contributed by atoms with Gasteiger partial charge in [-0.3, -0.25) is 14.5 Å². The molecule has 1 unspecified atom stereocenters. The summed E-state index contributed by atoms with van der Waals surface area (Å²) >= 11 is 1.31. The Kier molecular flexibility index (Phi) is 8.41. The Balaban J connectivity index is 1.71. The molecule has 0 saturated carbocycles. The highest BCUT2D eigenvalue weighted by molar-refractivity contribution is 7.15. The van der Waals surface area contributed by atoms with Gasteiger partial charge in [-0.15, -0.1) is 11.3 Å². The zero-order valence-corrected chi connectivity index (χ0v) is 19.6. The third-order valence-electron chi connectivity index (χ3n) is 5.67. The van der Waals surface area contributed by atoms with Crippen molar-refractivity contribution in [3.8, 4) is 11.1 Å². The van der Waals surface area contributed by atoms with Crippen LogP contribution in [0.1, 0.15) is 44.0 Å². The highest BCUT2D eigenvalue weighted by atomic mass is 32.1. The first-order valence-electron chi connectivity index (χ1n) is 11.0. The first-order chi connectivity index (χ1) is 15.5. The molecule has 1 aliphatic rings. The minimum absolute atomic E-state index is 0.109. The number of carbonyl (C=O) groups is 3. The molecule has 2 aromatic rings. The standard InChI is InChI=1S/C24H30N2O5S/c1-4-30-23(28)18-11-13-26(14-12-18)16(3)21(27)25-22-20(24(29)31-5-2)19(15-32-22)17-9-7-6-8-10-17/h6-10,15-16,18H,4-5,11-14H2,1-3H3,(H,25,27). The summed E-state index contributed by atoms with van der Waals surface area (Å²) < 4.78 is 10.4. The normalized spacial score (nSPS) is 15.7. The van der Waals surface area contributed by atoms with Crippen molar-refractivity contribution >= 4 is 34.2 Å². The van der Waals surface area contributed by atoms with Gasteiger partial charge in [0.1, 0.15) is 10.6 Å². The zero-order chi connectivity index (χ0) is 23.1. The number of anilines is 1. The number of hydrogen-bond acceptors (Lipinski definition) is 7. The van der Waals surface area contributed by atoms with Crippen LogP contribution in [-0.2, 0) is 19.1 Å². The van der Waals surface area contributed by atoms with Crippen molar-refractivity contribution in [1.82, 2.24) is 4.90 Å². The van der Waals surface area contributed by atoms with E-state index < -0.39 is 12.0 Å². The third-order valence-corrected chi connectivity index (χ3v) is 6.56. The van der Waals surface area contributed by atoms with Crippen molar-refractivity contribution in [2.75, 3.05) is 31.6 Å². The molecule has 0 spiro atoms. The smallest absolute Gasteiger partial charge is 0.341 e. The first-order valence-corrected chi connectivity index (χ1v) is 11.9. The van der Waals surface area contributed by atoms with E-state index in [9.17, 15) is 14.4 Å². The van der Waals surface area contributed by atoms with Gasteiger partial charge in [0.2, 0.25) is 5.91 Å². The molecular formula is C24H30N2O5S. The van der Waals surface area contributed by atoms with Crippen molar-refractivity contribution in [1.29, 1.82) is 0 Å². The van der Waals surface area contributed by atoms with Crippen LogP contribution in [0.25, 0.3) is 11.1 Å². The van der Waals surface area contributed by atoms with Crippen LogP contribution in [0.2, 0.25) is 0 Å². The molecule has 1 aliphatic heterocycles. The van der Waals surface area contributed by atoms with E-state index in [0.29, 0.717) is 43.1 Å². The van der Waals surface area contributed by atoms with Crippen molar-refractivity contribution in [3.05, 3.63) is 41.3 Å². The molecule has 1 fully saturated rings. The SMILES string of the molecule is CCOC(=O)c1c(-c2ccccc2)csc1NC(=O)C(C)N1CCC(C(=O)OCC)CC1. The van der Waals surface area contributed by atoms with Gasteiger partial charge in [-0.25, -0.2) is 4.79 Å². The average molecular weight is 459 g/mol. The van der Waals surface area contributed by atoms with Gasteiger partial charge in [-0.1, -0.05) is 30.3 Å². The monoisotopic (exact) mass is 458 g/mol. The zero-order valence-electron chi connectivity index (χ0n) is 18.8. The highest BCUT2D eigenvalue weighted by Crippen LogP contribution is 2.36. The lowest BCUT2D eigenvalue weighted by atomic mass is 9.96. The Morgan fingerprint density at radius 2 is 1.75 bits per heavy atom. The van der Waals surface area contributed by atoms with E-state index in [-0.39, 0.29) is 24.4 Å². The van der Waals surface area contributed by atoms with Gasteiger partial charge in [0.25, 0.3) is 0 Å². The fourth-order valence-corrected chi connectivity index (χ4v) is 4.81. The van der Waals surface area contributed by atoms with Crippen molar-refractivity contribution in [3.63, 3.8) is 0 Å². The Hall–Kier alpha value is -2.71. The summed E-state index contributed by atoms with van der Waals surface area (Å²) in [7, 11) is 0. The van der Waals surface area contributed by atoms with Gasteiger partial charge in [0.15, 0.2) is 0 Å². The van der Waals surface area contributed by atoms with Gasteiger partial charge in [0.05, 0.1) is 25.2 Å². The summed E-state index contributed by atoms with van der Waals surface area (Å²) in [6, 6.07) is 9.18. The van der Waals surface area contributed by atoms with Crippen LogP contribution in [0.4, 0.5) is 5.00 Å². The Morgan fingerprint density at radius 3 is 2.38 bits per heavy atom. The molecule has 0 aliphatic carbocycles. The van der Waals surface area contributed by atoms with Gasteiger partial charge in [0, 0.05) is 10.9 Å². The molecule has 172 valence electrons. The van der Waals surface area contributed by atoms with E-state index in [2.05, 4.69) is 10.2 Å². The van der Waals surface area contributed by atoms with Crippen LogP contribution >= 0.6 is 11.3 Å². The first kappa shape index (κ1) is 23.9. The predicted molar refractivity (Wildman–Crippen MR) is 125 cm³/mol. The molecule has 1 N–H and O–H groups in total. The van der Waals surface area contributed by atoms with E-state index in [0.717, 1.165) is 11.1 Å². The molecule has 3 rings (SSSR count). The quantitative estimate of drug-likeness (QED) is 0.597. The summed E-state index contributed by atoms with van der Waals surface area (Å²) in [5.74, 6) is -0.907. The number of nitrogens with zero attached hydrogens (tertiary/aromatic N) is 1. The van der Waals surface area contributed by atoms with Crippen molar-refractivity contribution in [2.24, 2.45) is 5.92 Å². The lowest BCUT2D eigenvalue weighted by Gasteiger charge is -2.34. The van der Waals surface area contributed by atoms with Crippen LogP contribution in [0.15, 0.2) is 35.7 Å². The van der Waals surface area contributed by atoms with Crippen LogP contribution < -0.4 is 5.32 Å². The summed E-state index contributed by atoms with van der Waals surface area (Å²) in [5, 5.41) is 5.29. The maximum absolute atomic E-state index is 13.0. The lowest BCUT2D eigenvalue weighted by Crippen LogP contribution is -2.47. The Morgan fingerprint density at radius 1 is 1.09 bits per heavy atom. The molecular weight excluding hydrogens is 428 g/mol. The minimum atomic E-state index is -0.453. The topological polar surface area (TPSA) is 84.9 Å². The molecule has 8 heteroatoms. The van der Waals surface area contributed by atoms with Crippen LogP contribution in [0.5, 0.6) is 0 Å². The number of esters is 2. The second-order valence-electron chi connectivity index (χ2n) is 7.67. The largest absolute Gasteiger partial charge is 0.466 e. The number of rotatable bonds is 8. The minimum Gasteiger partial charge on any atom is -0.466 e. The molecule has 7 nitrogen and oxygen atoms in total. The highest BCUT2D eigenvalue weighted by Gasteiger charge is 2.31. The number of thiophene rings is 1. The number of hydrogen-bond donors (Lipinski definition) is 1. The van der Waals surface area contributed by atoms with Crippen LogP contribution in [0.3, 0.4) is 0 Å². The number of nitrogens with one attached hydrogen (secondary N) is 1. The second kappa shape index (κ2) is 11.2. The number of amides is 1. The molecule has 0 bridgehead atoms. The van der Waals surface area contributed by atoms with E-state index >= 15 is 0 Å². The van der Waals surface area contributed by atoms with E-state index in [1.807, 2.05) is 42.6 Å². The number of piperidine rings is 1. The predicted octanol–water partition coefficient (Wildman–Crippen LogP) is 4.19. The summed E-state index contributed by atoms with van der Waals surface area (Å²) in [5.41, 5.74) is 2.01. The fraction of sp³-hybridized carbons (Fsp3) is 0.458.